The zero-order chi connectivity index (χ0) is 17.4. The Kier molecular flexibility index (Phi) is 7.09. The van der Waals surface area contributed by atoms with Gasteiger partial charge in [-0.05, 0) is 43.0 Å². The predicted molar refractivity (Wildman–Crippen MR) is 92.1 cm³/mol. The first-order valence-electron chi connectivity index (χ1n) is 8.74. The van der Waals surface area contributed by atoms with E-state index < -0.39 is 5.97 Å². The van der Waals surface area contributed by atoms with Crippen LogP contribution in [0.4, 0.5) is 0 Å². The Labute approximate surface area is 143 Å². The minimum absolute atomic E-state index is 0.224. The normalized spacial score (nSPS) is 15.1. The van der Waals surface area contributed by atoms with E-state index in [9.17, 15) is 9.59 Å². The van der Waals surface area contributed by atoms with E-state index in [0.29, 0.717) is 18.1 Å². The number of carbonyl (C=O) groups excluding carboxylic acids is 2. The number of amides is 1. The van der Waals surface area contributed by atoms with Crippen LogP contribution in [0.3, 0.4) is 0 Å². The monoisotopic (exact) mass is 333 g/mol. The molecule has 1 aromatic carbocycles. The molecule has 1 saturated carbocycles. The molecule has 1 fully saturated rings. The van der Waals surface area contributed by atoms with Gasteiger partial charge in [-0.3, -0.25) is 4.79 Å². The molecule has 0 unspecified atom stereocenters. The second-order valence-electron chi connectivity index (χ2n) is 6.71. The first-order chi connectivity index (χ1) is 11.5. The van der Waals surface area contributed by atoms with Crippen molar-refractivity contribution in [1.82, 2.24) is 5.32 Å². The van der Waals surface area contributed by atoms with Crippen LogP contribution < -0.4 is 10.1 Å². The van der Waals surface area contributed by atoms with Gasteiger partial charge in [0.15, 0.2) is 6.61 Å². The Bertz CT molecular complexity index is 533. The van der Waals surface area contributed by atoms with Crippen LogP contribution in [-0.2, 0) is 9.53 Å². The molecule has 1 aliphatic rings. The SMILES string of the molecule is CC(C)COc1ccc(C(=O)OCC(=O)NC2CCCCC2)cc1. The highest BCUT2D eigenvalue weighted by molar-refractivity contribution is 5.91. The molecule has 0 radical (unpaired) electrons. The smallest absolute Gasteiger partial charge is 0.338 e. The van der Waals surface area contributed by atoms with E-state index >= 15 is 0 Å². The third-order valence-corrected chi connectivity index (χ3v) is 3.98. The number of benzene rings is 1. The standard InChI is InChI=1S/C19H27NO4/c1-14(2)12-23-17-10-8-15(9-11-17)19(22)24-13-18(21)20-16-6-4-3-5-7-16/h8-11,14,16H,3-7,12-13H2,1-2H3,(H,20,21). The van der Waals surface area contributed by atoms with E-state index in [4.69, 9.17) is 9.47 Å². The van der Waals surface area contributed by atoms with E-state index in [1.54, 1.807) is 24.3 Å². The second-order valence-corrected chi connectivity index (χ2v) is 6.71. The van der Waals surface area contributed by atoms with Crippen LogP contribution in [0.2, 0.25) is 0 Å². The van der Waals surface area contributed by atoms with Gasteiger partial charge in [-0.2, -0.15) is 0 Å². The minimum Gasteiger partial charge on any atom is -0.493 e. The average molecular weight is 333 g/mol. The lowest BCUT2D eigenvalue weighted by Gasteiger charge is -2.22. The van der Waals surface area contributed by atoms with Gasteiger partial charge in [0.25, 0.3) is 5.91 Å². The molecule has 1 amide bonds. The van der Waals surface area contributed by atoms with Gasteiger partial charge in [-0.1, -0.05) is 33.1 Å². The molecule has 132 valence electrons. The molecule has 0 spiro atoms. The van der Waals surface area contributed by atoms with Crippen molar-refractivity contribution in [3.05, 3.63) is 29.8 Å². The van der Waals surface area contributed by atoms with E-state index in [1.807, 2.05) is 0 Å². The Morgan fingerprint density at radius 3 is 2.42 bits per heavy atom. The summed E-state index contributed by atoms with van der Waals surface area (Å²) in [5.41, 5.74) is 0.414. The highest BCUT2D eigenvalue weighted by Crippen LogP contribution is 2.17. The number of nitrogens with one attached hydrogen (secondary N) is 1. The first kappa shape index (κ1) is 18.3. The lowest BCUT2D eigenvalue weighted by molar-refractivity contribution is -0.125. The Balaban J connectivity index is 1.74. The summed E-state index contributed by atoms with van der Waals surface area (Å²) >= 11 is 0. The van der Waals surface area contributed by atoms with Crippen molar-refractivity contribution in [2.75, 3.05) is 13.2 Å². The number of hydrogen-bond donors (Lipinski definition) is 1. The molecular weight excluding hydrogens is 306 g/mol. The molecule has 1 aliphatic carbocycles. The fourth-order valence-corrected chi connectivity index (χ4v) is 2.68. The van der Waals surface area contributed by atoms with E-state index in [-0.39, 0.29) is 18.6 Å². The van der Waals surface area contributed by atoms with Crippen LogP contribution in [0.15, 0.2) is 24.3 Å². The van der Waals surface area contributed by atoms with E-state index in [1.165, 1.54) is 6.42 Å². The highest BCUT2D eigenvalue weighted by atomic mass is 16.5. The molecule has 0 aromatic heterocycles. The number of esters is 1. The van der Waals surface area contributed by atoms with Gasteiger partial charge in [0.05, 0.1) is 12.2 Å². The fraction of sp³-hybridized carbons (Fsp3) is 0.579. The van der Waals surface area contributed by atoms with Gasteiger partial charge in [0, 0.05) is 6.04 Å². The molecule has 5 nitrogen and oxygen atoms in total. The largest absolute Gasteiger partial charge is 0.493 e. The zero-order valence-corrected chi connectivity index (χ0v) is 14.5. The number of ether oxygens (including phenoxy) is 2. The predicted octanol–water partition coefficient (Wildman–Crippen LogP) is 3.33. The van der Waals surface area contributed by atoms with E-state index in [2.05, 4.69) is 19.2 Å². The Hall–Kier alpha value is -2.04. The number of carbonyl (C=O) groups is 2. The molecule has 1 aromatic rings. The first-order valence-corrected chi connectivity index (χ1v) is 8.74. The average Bonchev–Trinajstić information content (AvgIpc) is 2.59. The maximum absolute atomic E-state index is 12.0. The van der Waals surface area contributed by atoms with Crippen molar-refractivity contribution in [2.45, 2.75) is 52.0 Å². The topological polar surface area (TPSA) is 64.6 Å². The van der Waals surface area contributed by atoms with Gasteiger partial charge in [-0.25, -0.2) is 4.79 Å². The maximum atomic E-state index is 12.0. The summed E-state index contributed by atoms with van der Waals surface area (Å²) < 4.78 is 10.6. The van der Waals surface area contributed by atoms with E-state index in [0.717, 1.165) is 31.4 Å². The van der Waals surface area contributed by atoms with Crippen molar-refractivity contribution in [2.24, 2.45) is 5.92 Å². The van der Waals surface area contributed by atoms with Crippen LogP contribution >= 0.6 is 0 Å². The van der Waals surface area contributed by atoms with Gasteiger partial charge >= 0.3 is 5.97 Å². The van der Waals surface area contributed by atoms with Gasteiger partial charge in [-0.15, -0.1) is 0 Å². The summed E-state index contributed by atoms with van der Waals surface area (Å²) in [4.78, 5) is 23.8. The summed E-state index contributed by atoms with van der Waals surface area (Å²) in [7, 11) is 0. The summed E-state index contributed by atoms with van der Waals surface area (Å²) in [6, 6.07) is 7.00. The summed E-state index contributed by atoms with van der Waals surface area (Å²) in [6.07, 6.45) is 5.55. The maximum Gasteiger partial charge on any atom is 0.338 e. The quantitative estimate of drug-likeness (QED) is 0.777. The van der Waals surface area contributed by atoms with Crippen LogP contribution in [0.1, 0.15) is 56.3 Å². The van der Waals surface area contributed by atoms with Crippen LogP contribution in [-0.4, -0.2) is 31.1 Å². The van der Waals surface area contributed by atoms with Crippen molar-refractivity contribution in [1.29, 1.82) is 0 Å². The van der Waals surface area contributed by atoms with Crippen molar-refractivity contribution < 1.29 is 19.1 Å². The molecule has 0 saturated heterocycles. The molecule has 0 atom stereocenters. The molecule has 1 N–H and O–H groups in total. The van der Waals surface area contributed by atoms with Crippen molar-refractivity contribution >= 4 is 11.9 Å². The van der Waals surface area contributed by atoms with Crippen LogP contribution in [0.5, 0.6) is 5.75 Å². The highest BCUT2D eigenvalue weighted by Gasteiger charge is 2.17. The van der Waals surface area contributed by atoms with Crippen molar-refractivity contribution in [3.8, 4) is 5.75 Å². The van der Waals surface area contributed by atoms with Crippen LogP contribution in [0.25, 0.3) is 0 Å². The summed E-state index contributed by atoms with van der Waals surface area (Å²) in [6.45, 7) is 4.54. The van der Waals surface area contributed by atoms with Crippen molar-refractivity contribution in [3.63, 3.8) is 0 Å². The van der Waals surface area contributed by atoms with Gasteiger partial charge in [0.1, 0.15) is 5.75 Å². The van der Waals surface area contributed by atoms with Crippen LogP contribution in [0, 0.1) is 5.92 Å². The molecule has 0 bridgehead atoms. The number of hydrogen-bond acceptors (Lipinski definition) is 4. The molecule has 2 rings (SSSR count). The zero-order valence-electron chi connectivity index (χ0n) is 14.5. The third kappa shape index (κ3) is 6.22. The second kappa shape index (κ2) is 9.30. The van der Waals surface area contributed by atoms with Gasteiger partial charge < -0.3 is 14.8 Å². The van der Waals surface area contributed by atoms with Gasteiger partial charge in [0.2, 0.25) is 0 Å². The summed E-state index contributed by atoms with van der Waals surface area (Å²) in [5.74, 6) is 0.434. The lowest BCUT2D eigenvalue weighted by Crippen LogP contribution is -2.38. The fourth-order valence-electron chi connectivity index (χ4n) is 2.68. The lowest BCUT2D eigenvalue weighted by atomic mass is 9.95. The number of rotatable bonds is 7. The Morgan fingerprint density at radius 1 is 1.12 bits per heavy atom. The third-order valence-electron chi connectivity index (χ3n) is 3.98. The molecule has 0 aliphatic heterocycles. The summed E-state index contributed by atoms with van der Waals surface area (Å²) in [5, 5.41) is 2.93. The molecule has 0 heterocycles. The molecule has 5 heteroatoms. The molecular formula is C19H27NO4. The molecule has 24 heavy (non-hydrogen) atoms. The Morgan fingerprint density at radius 2 is 1.79 bits per heavy atom. The minimum atomic E-state index is -0.496.